The molecular formula is C20H23N3O2. The molecule has 2 aromatic carbocycles. The molecule has 0 aliphatic heterocycles. The molecule has 0 aliphatic carbocycles. The first-order valence-corrected chi connectivity index (χ1v) is 8.47. The molecule has 0 radical (unpaired) electrons. The van der Waals surface area contributed by atoms with Crippen molar-refractivity contribution in [2.75, 3.05) is 6.54 Å². The van der Waals surface area contributed by atoms with Gasteiger partial charge in [0.15, 0.2) is 0 Å². The number of nitrogens with zero attached hydrogens (tertiary/aromatic N) is 1. The molecule has 1 atom stereocenters. The van der Waals surface area contributed by atoms with Gasteiger partial charge in [-0.2, -0.15) is 0 Å². The minimum Gasteiger partial charge on any atom is -0.508 e. The van der Waals surface area contributed by atoms with Crippen LogP contribution in [0.25, 0.3) is 11.0 Å². The van der Waals surface area contributed by atoms with E-state index in [1.54, 1.807) is 24.3 Å². The first-order chi connectivity index (χ1) is 12.0. The average molecular weight is 337 g/mol. The quantitative estimate of drug-likeness (QED) is 0.668. The fraction of sp³-hybridized carbons (Fsp3) is 0.300. The molecule has 3 N–H and O–H groups in total. The van der Waals surface area contributed by atoms with Crippen LogP contribution in [0, 0.1) is 13.8 Å². The molecule has 0 spiro atoms. The predicted octanol–water partition coefficient (Wildman–Crippen LogP) is 3.35. The molecule has 1 aromatic heterocycles. The maximum Gasteiger partial charge on any atom is 0.227 e. The topological polar surface area (TPSA) is 78.0 Å². The lowest BCUT2D eigenvalue weighted by molar-refractivity contribution is -0.122. The van der Waals surface area contributed by atoms with Crippen LogP contribution in [0.1, 0.15) is 35.4 Å². The molecule has 1 amide bonds. The highest BCUT2D eigenvalue weighted by Crippen LogP contribution is 2.20. The van der Waals surface area contributed by atoms with Crippen molar-refractivity contribution in [2.24, 2.45) is 0 Å². The van der Waals surface area contributed by atoms with E-state index in [0.29, 0.717) is 13.0 Å². The molecule has 0 saturated heterocycles. The fourth-order valence-corrected chi connectivity index (χ4v) is 2.85. The standard InChI is InChI=1S/C20H23N3O2/c1-12-4-9-17-19(13(12)2)23-18(22-17)10-11-21-20(25)14(3)15-5-7-16(24)8-6-15/h4-9,14,24H,10-11H2,1-3H3,(H,21,25)(H,22,23)/t14-/m1/s1. The highest BCUT2D eigenvalue weighted by molar-refractivity contribution is 5.83. The number of phenolic OH excluding ortho intramolecular Hbond substituents is 1. The second kappa shape index (κ2) is 6.97. The monoisotopic (exact) mass is 337 g/mol. The molecular weight excluding hydrogens is 314 g/mol. The van der Waals surface area contributed by atoms with Gasteiger partial charge in [0.05, 0.1) is 17.0 Å². The van der Waals surface area contributed by atoms with Crippen molar-refractivity contribution in [1.82, 2.24) is 15.3 Å². The molecule has 1 heterocycles. The van der Waals surface area contributed by atoms with E-state index in [4.69, 9.17) is 0 Å². The molecule has 5 nitrogen and oxygen atoms in total. The molecule has 3 aromatic rings. The van der Waals surface area contributed by atoms with E-state index in [2.05, 4.69) is 35.2 Å². The fourth-order valence-electron chi connectivity index (χ4n) is 2.85. The van der Waals surface area contributed by atoms with Gasteiger partial charge in [-0.3, -0.25) is 4.79 Å². The van der Waals surface area contributed by atoms with Gasteiger partial charge in [-0.25, -0.2) is 4.98 Å². The zero-order valence-corrected chi connectivity index (χ0v) is 14.8. The van der Waals surface area contributed by atoms with Crippen LogP contribution in [0.15, 0.2) is 36.4 Å². The van der Waals surface area contributed by atoms with Gasteiger partial charge in [0.2, 0.25) is 5.91 Å². The Labute approximate surface area is 147 Å². The van der Waals surface area contributed by atoms with E-state index in [1.807, 2.05) is 13.0 Å². The number of fused-ring (bicyclic) bond motifs is 1. The van der Waals surface area contributed by atoms with Gasteiger partial charge in [-0.05, 0) is 55.7 Å². The summed E-state index contributed by atoms with van der Waals surface area (Å²) < 4.78 is 0. The van der Waals surface area contributed by atoms with Gasteiger partial charge < -0.3 is 15.4 Å². The number of H-pyrrole nitrogens is 1. The lowest BCUT2D eigenvalue weighted by atomic mass is 10.0. The van der Waals surface area contributed by atoms with E-state index >= 15 is 0 Å². The van der Waals surface area contributed by atoms with Crippen molar-refractivity contribution in [3.8, 4) is 5.75 Å². The number of rotatable bonds is 5. The summed E-state index contributed by atoms with van der Waals surface area (Å²) >= 11 is 0. The summed E-state index contributed by atoms with van der Waals surface area (Å²) in [6.45, 7) is 6.53. The number of phenols is 1. The number of aromatic amines is 1. The van der Waals surface area contributed by atoms with E-state index in [0.717, 1.165) is 22.4 Å². The van der Waals surface area contributed by atoms with Gasteiger partial charge in [-0.1, -0.05) is 18.2 Å². The number of aromatic hydroxyl groups is 1. The summed E-state index contributed by atoms with van der Waals surface area (Å²) in [5, 5.41) is 12.3. The van der Waals surface area contributed by atoms with E-state index in [9.17, 15) is 9.90 Å². The van der Waals surface area contributed by atoms with Crippen molar-refractivity contribution in [3.05, 3.63) is 58.9 Å². The van der Waals surface area contributed by atoms with Crippen molar-refractivity contribution in [2.45, 2.75) is 33.1 Å². The molecule has 3 rings (SSSR count). The van der Waals surface area contributed by atoms with Crippen LogP contribution in [0.5, 0.6) is 5.75 Å². The number of aryl methyl sites for hydroxylation is 2. The van der Waals surface area contributed by atoms with E-state index in [1.165, 1.54) is 11.1 Å². The minimum absolute atomic E-state index is 0.0335. The lowest BCUT2D eigenvalue weighted by Crippen LogP contribution is -2.30. The Morgan fingerprint density at radius 3 is 2.64 bits per heavy atom. The normalized spacial score (nSPS) is 12.3. The Morgan fingerprint density at radius 1 is 1.20 bits per heavy atom. The zero-order valence-electron chi connectivity index (χ0n) is 14.8. The summed E-state index contributed by atoms with van der Waals surface area (Å²) in [7, 11) is 0. The van der Waals surface area contributed by atoms with Crippen LogP contribution >= 0.6 is 0 Å². The Balaban J connectivity index is 1.60. The molecule has 25 heavy (non-hydrogen) atoms. The number of carbonyl (C=O) groups is 1. The van der Waals surface area contributed by atoms with Crippen LogP contribution < -0.4 is 5.32 Å². The number of nitrogens with one attached hydrogen (secondary N) is 2. The first kappa shape index (κ1) is 17.0. The maximum absolute atomic E-state index is 12.3. The molecule has 0 bridgehead atoms. The minimum atomic E-state index is -0.263. The third-order valence-corrected chi connectivity index (χ3v) is 4.67. The molecule has 0 unspecified atom stereocenters. The van der Waals surface area contributed by atoms with Crippen molar-refractivity contribution >= 4 is 16.9 Å². The van der Waals surface area contributed by atoms with Crippen LogP contribution in [-0.2, 0) is 11.2 Å². The zero-order chi connectivity index (χ0) is 18.0. The second-order valence-electron chi connectivity index (χ2n) is 6.44. The first-order valence-electron chi connectivity index (χ1n) is 8.47. The van der Waals surface area contributed by atoms with Crippen molar-refractivity contribution < 1.29 is 9.90 Å². The molecule has 0 aliphatic rings. The smallest absolute Gasteiger partial charge is 0.227 e. The lowest BCUT2D eigenvalue weighted by Gasteiger charge is -2.12. The number of hydrogen-bond acceptors (Lipinski definition) is 3. The Kier molecular flexibility index (Phi) is 4.74. The SMILES string of the molecule is Cc1ccc2[nH]c(CCNC(=O)[C@H](C)c3ccc(O)cc3)nc2c1C. The van der Waals surface area contributed by atoms with Crippen molar-refractivity contribution in [1.29, 1.82) is 0 Å². The highest BCUT2D eigenvalue weighted by Gasteiger charge is 2.15. The molecule has 0 fully saturated rings. The van der Waals surface area contributed by atoms with Crippen LogP contribution in [-0.4, -0.2) is 27.5 Å². The number of imidazole rings is 1. The van der Waals surface area contributed by atoms with Crippen LogP contribution in [0.3, 0.4) is 0 Å². The maximum atomic E-state index is 12.3. The van der Waals surface area contributed by atoms with Crippen LogP contribution in [0.2, 0.25) is 0 Å². The number of benzene rings is 2. The summed E-state index contributed by atoms with van der Waals surface area (Å²) in [5.41, 5.74) is 5.32. The van der Waals surface area contributed by atoms with Crippen molar-refractivity contribution in [3.63, 3.8) is 0 Å². The third-order valence-electron chi connectivity index (χ3n) is 4.67. The van der Waals surface area contributed by atoms with E-state index in [-0.39, 0.29) is 17.6 Å². The summed E-state index contributed by atoms with van der Waals surface area (Å²) in [6.07, 6.45) is 0.654. The summed E-state index contributed by atoms with van der Waals surface area (Å²) in [5.74, 6) is 0.781. The Hall–Kier alpha value is -2.82. The summed E-state index contributed by atoms with van der Waals surface area (Å²) in [6, 6.07) is 10.9. The molecule has 0 saturated carbocycles. The van der Waals surface area contributed by atoms with Gasteiger partial charge in [0, 0.05) is 13.0 Å². The van der Waals surface area contributed by atoms with Gasteiger partial charge >= 0.3 is 0 Å². The third kappa shape index (κ3) is 3.65. The van der Waals surface area contributed by atoms with Gasteiger partial charge in [0.25, 0.3) is 0 Å². The second-order valence-corrected chi connectivity index (χ2v) is 6.44. The summed E-state index contributed by atoms with van der Waals surface area (Å²) in [4.78, 5) is 20.2. The van der Waals surface area contributed by atoms with Crippen LogP contribution in [0.4, 0.5) is 0 Å². The Morgan fingerprint density at radius 2 is 1.92 bits per heavy atom. The largest absolute Gasteiger partial charge is 0.508 e. The van der Waals surface area contributed by atoms with E-state index < -0.39 is 0 Å². The number of carbonyl (C=O) groups excluding carboxylic acids is 1. The molecule has 130 valence electrons. The van der Waals surface area contributed by atoms with Gasteiger partial charge in [0.1, 0.15) is 11.6 Å². The molecule has 5 heteroatoms. The van der Waals surface area contributed by atoms with Gasteiger partial charge in [-0.15, -0.1) is 0 Å². The average Bonchev–Trinajstić information content (AvgIpc) is 3.02. The Bertz CT molecular complexity index is 897. The number of hydrogen-bond donors (Lipinski definition) is 3. The predicted molar refractivity (Wildman–Crippen MR) is 98.8 cm³/mol. The number of amides is 1. The highest BCUT2D eigenvalue weighted by atomic mass is 16.3. The number of aromatic nitrogens is 2.